The van der Waals surface area contributed by atoms with Gasteiger partial charge in [0.1, 0.15) is 5.75 Å². The van der Waals surface area contributed by atoms with Crippen molar-refractivity contribution in [3.05, 3.63) is 63.6 Å². The molecule has 25 heavy (non-hydrogen) atoms. The quantitative estimate of drug-likeness (QED) is 0.404. The molecule has 2 aromatic rings. The Labute approximate surface area is 157 Å². The Balaban J connectivity index is 1.67. The number of ether oxygens (including phenoxy) is 1. The predicted molar refractivity (Wildman–Crippen MR) is 103 cm³/mol. The standard InChI is InChI=1S/C19H20Cl2N2O2/c1-2-14-5-7-15(8-6-14)13-22-23-19(24)4-3-11-25-18-10-9-16(20)12-17(18)21/h5-10,12-13H,2-4,11H2,1H3,(H,23,24)/b22-13-. The van der Waals surface area contributed by atoms with Crippen LogP contribution in [-0.4, -0.2) is 18.7 Å². The summed E-state index contributed by atoms with van der Waals surface area (Å²) < 4.78 is 5.53. The van der Waals surface area contributed by atoms with Crippen LogP contribution in [0, 0.1) is 0 Å². The van der Waals surface area contributed by atoms with Crippen molar-refractivity contribution in [3.8, 4) is 5.75 Å². The second-order valence-corrected chi connectivity index (χ2v) is 6.26. The molecule has 4 nitrogen and oxygen atoms in total. The number of nitrogens with one attached hydrogen (secondary N) is 1. The zero-order valence-electron chi connectivity index (χ0n) is 14.0. The summed E-state index contributed by atoms with van der Waals surface area (Å²) >= 11 is 11.8. The molecule has 0 saturated carbocycles. The molecule has 2 rings (SSSR count). The van der Waals surface area contributed by atoms with E-state index in [0.29, 0.717) is 35.2 Å². The molecule has 0 saturated heterocycles. The van der Waals surface area contributed by atoms with Gasteiger partial charge in [0.15, 0.2) is 0 Å². The van der Waals surface area contributed by atoms with Crippen LogP contribution in [0.2, 0.25) is 10.0 Å². The number of halogens is 2. The third-order valence-corrected chi connectivity index (χ3v) is 4.02. The van der Waals surface area contributed by atoms with Gasteiger partial charge in [-0.25, -0.2) is 5.43 Å². The second-order valence-electron chi connectivity index (χ2n) is 5.42. The van der Waals surface area contributed by atoms with E-state index >= 15 is 0 Å². The highest BCUT2D eigenvalue weighted by molar-refractivity contribution is 6.35. The van der Waals surface area contributed by atoms with Gasteiger partial charge in [0.25, 0.3) is 0 Å². The van der Waals surface area contributed by atoms with Crippen LogP contribution in [-0.2, 0) is 11.2 Å². The molecule has 0 aliphatic rings. The highest BCUT2D eigenvalue weighted by Crippen LogP contribution is 2.27. The molecule has 1 amide bonds. The van der Waals surface area contributed by atoms with E-state index in [-0.39, 0.29) is 5.91 Å². The van der Waals surface area contributed by atoms with Crippen LogP contribution in [0.25, 0.3) is 0 Å². The molecule has 0 fully saturated rings. The number of hydrogen-bond donors (Lipinski definition) is 1. The largest absolute Gasteiger partial charge is 0.492 e. The molecule has 0 aliphatic heterocycles. The maximum atomic E-state index is 11.7. The molecular weight excluding hydrogens is 359 g/mol. The van der Waals surface area contributed by atoms with E-state index in [1.807, 2.05) is 24.3 Å². The fraction of sp³-hybridized carbons (Fsp3) is 0.263. The summed E-state index contributed by atoms with van der Waals surface area (Å²) in [6.07, 6.45) is 3.50. The minimum absolute atomic E-state index is 0.160. The number of hydrazone groups is 1. The van der Waals surface area contributed by atoms with Crippen LogP contribution in [0.4, 0.5) is 0 Å². The molecule has 2 aromatic carbocycles. The van der Waals surface area contributed by atoms with Gasteiger partial charge in [0.05, 0.1) is 17.8 Å². The van der Waals surface area contributed by atoms with Crippen molar-refractivity contribution in [2.24, 2.45) is 5.10 Å². The first-order valence-electron chi connectivity index (χ1n) is 8.07. The molecule has 0 radical (unpaired) electrons. The van der Waals surface area contributed by atoms with E-state index in [0.717, 1.165) is 12.0 Å². The monoisotopic (exact) mass is 378 g/mol. The molecular formula is C19H20Cl2N2O2. The van der Waals surface area contributed by atoms with Crippen molar-refractivity contribution < 1.29 is 9.53 Å². The SMILES string of the molecule is CCc1ccc(/C=N\NC(=O)CCCOc2ccc(Cl)cc2Cl)cc1. The minimum Gasteiger partial charge on any atom is -0.492 e. The number of nitrogens with zero attached hydrogens (tertiary/aromatic N) is 1. The Bertz CT molecular complexity index is 731. The molecule has 0 heterocycles. The number of benzene rings is 2. The first-order valence-corrected chi connectivity index (χ1v) is 8.82. The lowest BCUT2D eigenvalue weighted by atomic mass is 10.1. The van der Waals surface area contributed by atoms with Crippen LogP contribution in [0.15, 0.2) is 47.6 Å². The van der Waals surface area contributed by atoms with E-state index in [4.69, 9.17) is 27.9 Å². The van der Waals surface area contributed by atoms with Gasteiger partial charge in [-0.3, -0.25) is 4.79 Å². The van der Waals surface area contributed by atoms with Crippen molar-refractivity contribution in [1.82, 2.24) is 5.43 Å². The van der Waals surface area contributed by atoms with Crippen molar-refractivity contribution in [1.29, 1.82) is 0 Å². The molecule has 0 atom stereocenters. The lowest BCUT2D eigenvalue weighted by Crippen LogP contribution is -2.18. The summed E-state index contributed by atoms with van der Waals surface area (Å²) in [6.45, 7) is 2.49. The molecule has 1 N–H and O–H groups in total. The van der Waals surface area contributed by atoms with E-state index in [9.17, 15) is 4.79 Å². The van der Waals surface area contributed by atoms with Gasteiger partial charge in [-0.2, -0.15) is 5.10 Å². The Kier molecular flexibility index (Phi) is 7.76. The third-order valence-electron chi connectivity index (χ3n) is 3.49. The fourth-order valence-electron chi connectivity index (χ4n) is 2.08. The average Bonchev–Trinajstić information content (AvgIpc) is 2.61. The van der Waals surface area contributed by atoms with E-state index in [1.54, 1.807) is 24.4 Å². The number of carbonyl (C=O) groups excluding carboxylic acids is 1. The molecule has 0 aromatic heterocycles. The zero-order chi connectivity index (χ0) is 18.1. The fourth-order valence-corrected chi connectivity index (χ4v) is 2.54. The van der Waals surface area contributed by atoms with E-state index < -0.39 is 0 Å². The van der Waals surface area contributed by atoms with Gasteiger partial charge in [-0.05, 0) is 42.2 Å². The molecule has 0 aliphatic carbocycles. The summed E-state index contributed by atoms with van der Waals surface area (Å²) in [6, 6.07) is 13.1. The number of hydrogen-bond acceptors (Lipinski definition) is 3. The van der Waals surface area contributed by atoms with Gasteiger partial charge in [0, 0.05) is 11.4 Å². The van der Waals surface area contributed by atoms with Crippen LogP contribution in [0.3, 0.4) is 0 Å². The predicted octanol–water partition coefficient (Wildman–Crippen LogP) is 4.87. The summed E-state index contributed by atoms with van der Waals surface area (Å²) in [4.78, 5) is 11.7. The van der Waals surface area contributed by atoms with Crippen LogP contribution in [0.5, 0.6) is 5.75 Å². The normalized spacial score (nSPS) is 10.8. The Morgan fingerprint density at radius 2 is 1.96 bits per heavy atom. The summed E-state index contributed by atoms with van der Waals surface area (Å²) in [7, 11) is 0. The zero-order valence-corrected chi connectivity index (χ0v) is 15.5. The molecule has 132 valence electrons. The first-order chi connectivity index (χ1) is 12.1. The van der Waals surface area contributed by atoms with Crippen LogP contribution >= 0.6 is 23.2 Å². The number of amides is 1. The van der Waals surface area contributed by atoms with Crippen molar-refractivity contribution in [2.45, 2.75) is 26.2 Å². The molecule has 6 heteroatoms. The number of carbonyl (C=O) groups is 1. The minimum atomic E-state index is -0.160. The summed E-state index contributed by atoms with van der Waals surface area (Å²) in [5.41, 5.74) is 4.72. The highest BCUT2D eigenvalue weighted by atomic mass is 35.5. The number of rotatable bonds is 8. The Morgan fingerprint density at radius 3 is 2.64 bits per heavy atom. The first kappa shape index (κ1) is 19.3. The lowest BCUT2D eigenvalue weighted by Gasteiger charge is -2.07. The molecule has 0 bridgehead atoms. The third kappa shape index (κ3) is 6.77. The number of aryl methyl sites for hydroxylation is 1. The topological polar surface area (TPSA) is 50.7 Å². The molecule has 0 unspecified atom stereocenters. The van der Waals surface area contributed by atoms with Gasteiger partial charge in [-0.1, -0.05) is 54.4 Å². The smallest absolute Gasteiger partial charge is 0.240 e. The van der Waals surface area contributed by atoms with Gasteiger partial charge in [-0.15, -0.1) is 0 Å². The Morgan fingerprint density at radius 1 is 1.20 bits per heavy atom. The lowest BCUT2D eigenvalue weighted by molar-refractivity contribution is -0.121. The van der Waals surface area contributed by atoms with Crippen LogP contribution in [0.1, 0.15) is 30.9 Å². The van der Waals surface area contributed by atoms with Crippen molar-refractivity contribution in [2.75, 3.05) is 6.61 Å². The second kappa shape index (κ2) is 10.1. The highest BCUT2D eigenvalue weighted by Gasteiger charge is 2.04. The van der Waals surface area contributed by atoms with Crippen molar-refractivity contribution >= 4 is 35.3 Å². The van der Waals surface area contributed by atoms with Crippen molar-refractivity contribution in [3.63, 3.8) is 0 Å². The molecule has 0 spiro atoms. The Hall–Kier alpha value is -2.04. The summed E-state index contributed by atoms with van der Waals surface area (Å²) in [5.74, 6) is 0.396. The van der Waals surface area contributed by atoms with Gasteiger partial charge in [0.2, 0.25) is 5.91 Å². The maximum absolute atomic E-state index is 11.7. The van der Waals surface area contributed by atoms with Crippen LogP contribution < -0.4 is 10.2 Å². The van der Waals surface area contributed by atoms with Gasteiger partial charge >= 0.3 is 0 Å². The van der Waals surface area contributed by atoms with E-state index in [1.165, 1.54) is 5.56 Å². The van der Waals surface area contributed by atoms with Gasteiger partial charge < -0.3 is 4.74 Å². The summed E-state index contributed by atoms with van der Waals surface area (Å²) in [5, 5.41) is 4.97. The van der Waals surface area contributed by atoms with E-state index in [2.05, 4.69) is 17.5 Å². The maximum Gasteiger partial charge on any atom is 0.240 e. The average molecular weight is 379 g/mol.